The summed E-state index contributed by atoms with van der Waals surface area (Å²) >= 11 is 0. The van der Waals surface area contributed by atoms with Crippen molar-refractivity contribution >= 4 is 17.5 Å². The molecule has 148 valence electrons. The Morgan fingerprint density at radius 3 is 2.71 bits per heavy atom. The Kier molecular flexibility index (Phi) is 5.97. The van der Waals surface area contributed by atoms with Gasteiger partial charge in [0.05, 0.1) is 12.3 Å². The van der Waals surface area contributed by atoms with Gasteiger partial charge in [-0.1, -0.05) is 38.1 Å². The number of rotatable bonds is 6. The zero-order valence-corrected chi connectivity index (χ0v) is 16.3. The number of nitrogens with one attached hydrogen (secondary N) is 1. The summed E-state index contributed by atoms with van der Waals surface area (Å²) in [6, 6.07) is 13.4. The van der Waals surface area contributed by atoms with Gasteiger partial charge in [0.15, 0.2) is 0 Å². The zero-order valence-electron chi connectivity index (χ0n) is 16.3. The molecule has 28 heavy (non-hydrogen) atoms. The summed E-state index contributed by atoms with van der Waals surface area (Å²) in [5.74, 6) is -1.44. The fourth-order valence-corrected chi connectivity index (χ4v) is 3.36. The fourth-order valence-electron chi connectivity index (χ4n) is 3.36. The van der Waals surface area contributed by atoms with Crippen molar-refractivity contribution in [3.8, 4) is 5.75 Å². The second kappa shape index (κ2) is 8.42. The van der Waals surface area contributed by atoms with Crippen LogP contribution in [0.4, 0.5) is 10.1 Å². The summed E-state index contributed by atoms with van der Waals surface area (Å²) in [5.41, 5.74) is 0.926. The van der Waals surface area contributed by atoms with E-state index < -0.39 is 17.6 Å². The standard InChI is InChI=1S/C22H25FN2O3/c1-14(2)13-28-16-8-6-7-15(11-16)17-12-25(3)22(27)20(17)21(26)24-19-10-5-4-9-18(19)23/h4-11,14,17,20H,12-13H2,1-3H3,(H,24,26)/t17-,20+/m1/s1. The number of anilines is 1. The van der Waals surface area contributed by atoms with Crippen LogP contribution in [0.1, 0.15) is 25.3 Å². The molecule has 2 amide bonds. The first-order valence-corrected chi connectivity index (χ1v) is 9.40. The molecule has 0 aromatic heterocycles. The Morgan fingerprint density at radius 1 is 1.25 bits per heavy atom. The van der Waals surface area contributed by atoms with Gasteiger partial charge in [-0.15, -0.1) is 0 Å². The number of carbonyl (C=O) groups excluding carboxylic acids is 2. The van der Waals surface area contributed by atoms with E-state index in [1.54, 1.807) is 19.2 Å². The lowest BCUT2D eigenvalue weighted by atomic mass is 9.87. The van der Waals surface area contributed by atoms with E-state index in [0.717, 1.165) is 5.56 Å². The number of carbonyl (C=O) groups is 2. The highest BCUT2D eigenvalue weighted by atomic mass is 19.1. The highest BCUT2D eigenvalue weighted by molar-refractivity contribution is 6.08. The largest absolute Gasteiger partial charge is 0.493 e. The molecule has 1 heterocycles. The van der Waals surface area contributed by atoms with Crippen LogP contribution in [0.15, 0.2) is 48.5 Å². The summed E-state index contributed by atoms with van der Waals surface area (Å²) in [7, 11) is 1.67. The van der Waals surface area contributed by atoms with Crippen LogP contribution in [0, 0.1) is 17.7 Å². The smallest absolute Gasteiger partial charge is 0.237 e. The molecule has 3 rings (SSSR count). The summed E-state index contributed by atoms with van der Waals surface area (Å²) in [6.45, 7) is 5.14. The number of amides is 2. The van der Waals surface area contributed by atoms with Crippen LogP contribution in [-0.4, -0.2) is 36.9 Å². The van der Waals surface area contributed by atoms with E-state index in [1.165, 1.54) is 17.0 Å². The Morgan fingerprint density at radius 2 is 2.00 bits per heavy atom. The maximum absolute atomic E-state index is 13.9. The number of nitrogens with zero attached hydrogens (tertiary/aromatic N) is 1. The maximum Gasteiger partial charge on any atom is 0.237 e. The van der Waals surface area contributed by atoms with Crippen LogP contribution >= 0.6 is 0 Å². The molecule has 0 bridgehead atoms. The lowest BCUT2D eigenvalue weighted by Gasteiger charge is -2.18. The van der Waals surface area contributed by atoms with Gasteiger partial charge < -0.3 is 15.0 Å². The van der Waals surface area contributed by atoms with E-state index >= 15 is 0 Å². The van der Waals surface area contributed by atoms with E-state index in [-0.39, 0.29) is 17.5 Å². The number of para-hydroxylation sites is 1. The number of hydrogen-bond acceptors (Lipinski definition) is 3. The van der Waals surface area contributed by atoms with Crippen molar-refractivity contribution in [1.82, 2.24) is 4.90 Å². The van der Waals surface area contributed by atoms with Gasteiger partial charge in [0, 0.05) is 19.5 Å². The van der Waals surface area contributed by atoms with Gasteiger partial charge in [0.25, 0.3) is 0 Å². The van der Waals surface area contributed by atoms with Gasteiger partial charge in [-0.2, -0.15) is 0 Å². The molecule has 1 aliphatic heterocycles. The molecule has 0 spiro atoms. The number of hydrogen-bond donors (Lipinski definition) is 1. The second-order valence-electron chi connectivity index (χ2n) is 7.55. The van der Waals surface area contributed by atoms with E-state index in [9.17, 15) is 14.0 Å². The molecule has 5 nitrogen and oxygen atoms in total. The maximum atomic E-state index is 13.9. The van der Waals surface area contributed by atoms with Crippen molar-refractivity contribution in [2.24, 2.45) is 11.8 Å². The van der Waals surface area contributed by atoms with Crippen molar-refractivity contribution in [2.45, 2.75) is 19.8 Å². The third-order valence-corrected chi connectivity index (χ3v) is 4.80. The van der Waals surface area contributed by atoms with Crippen molar-refractivity contribution < 1.29 is 18.7 Å². The third-order valence-electron chi connectivity index (χ3n) is 4.80. The van der Waals surface area contributed by atoms with Gasteiger partial charge in [0.2, 0.25) is 11.8 Å². The first-order valence-electron chi connectivity index (χ1n) is 9.40. The quantitative estimate of drug-likeness (QED) is 0.773. The molecule has 6 heteroatoms. The first-order chi connectivity index (χ1) is 13.4. The van der Waals surface area contributed by atoms with E-state index in [2.05, 4.69) is 19.2 Å². The molecule has 0 saturated carbocycles. The van der Waals surface area contributed by atoms with Crippen molar-refractivity contribution in [3.05, 3.63) is 59.9 Å². The lowest BCUT2D eigenvalue weighted by Crippen LogP contribution is -2.33. The molecule has 0 radical (unpaired) electrons. The highest BCUT2D eigenvalue weighted by Gasteiger charge is 2.44. The first kappa shape index (κ1) is 19.9. The van der Waals surface area contributed by atoms with Crippen LogP contribution in [0.25, 0.3) is 0 Å². The Bertz CT molecular complexity index is 868. The van der Waals surface area contributed by atoms with Gasteiger partial charge in [-0.05, 0) is 35.7 Å². The highest BCUT2D eigenvalue weighted by Crippen LogP contribution is 2.35. The SMILES string of the molecule is CC(C)COc1cccc([C@H]2CN(C)C(=O)[C@@H]2C(=O)Nc2ccccc2F)c1. The lowest BCUT2D eigenvalue weighted by molar-refractivity contribution is -0.135. The molecule has 1 saturated heterocycles. The molecule has 2 aromatic rings. The van der Waals surface area contributed by atoms with Gasteiger partial charge in [-0.25, -0.2) is 4.39 Å². The second-order valence-corrected chi connectivity index (χ2v) is 7.55. The number of ether oxygens (including phenoxy) is 1. The fraction of sp³-hybridized carbons (Fsp3) is 0.364. The van der Waals surface area contributed by atoms with Crippen molar-refractivity contribution in [1.29, 1.82) is 0 Å². The summed E-state index contributed by atoms with van der Waals surface area (Å²) in [6.07, 6.45) is 0. The monoisotopic (exact) mass is 384 g/mol. The average molecular weight is 384 g/mol. The molecule has 1 aliphatic rings. The normalized spacial score (nSPS) is 19.2. The van der Waals surface area contributed by atoms with Crippen LogP contribution in [-0.2, 0) is 9.59 Å². The van der Waals surface area contributed by atoms with Gasteiger partial charge in [0.1, 0.15) is 17.5 Å². The zero-order chi connectivity index (χ0) is 20.3. The topological polar surface area (TPSA) is 58.6 Å². The van der Waals surface area contributed by atoms with E-state index in [4.69, 9.17) is 4.74 Å². The van der Waals surface area contributed by atoms with Gasteiger partial charge in [-0.3, -0.25) is 9.59 Å². The van der Waals surface area contributed by atoms with E-state index in [1.807, 2.05) is 24.3 Å². The van der Waals surface area contributed by atoms with Crippen LogP contribution < -0.4 is 10.1 Å². The minimum atomic E-state index is -0.912. The number of benzene rings is 2. The van der Waals surface area contributed by atoms with E-state index in [0.29, 0.717) is 24.8 Å². The Labute approximate surface area is 164 Å². The number of likely N-dealkylation sites (tertiary alicyclic amines) is 1. The summed E-state index contributed by atoms with van der Waals surface area (Å²) in [4.78, 5) is 27.0. The predicted molar refractivity (Wildman–Crippen MR) is 106 cm³/mol. The minimum absolute atomic E-state index is 0.0719. The van der Waals surface area contributed by atoms with Gasteiger partial charge >= 0.3 is 0 Å². The van der Waals surface area contributed by atoms with Crippen molar-refractivity contribution in [3.63, 3.8) is 0 Å². The molecule has 0 unspecified atom stereocenters. The number of halogens is 1. The minimum Gasteiger partial charge on any atom is -0.493 e. The number of likely N-dealkylation sites (N-methyl/N-ethyl adjacent to an activating group) is 1. The summed E-state index contributed by atoms with van der Waals surface area (Å²) in [5, 5.41) is 2.56. The molecule has 1 N–H and O–H groups in total. The predicted octanol–water partition coefficient (Wildman–Crippen LogP) is 3.67. The molecule has 0 aliphatic carbocycles. The molecule has 2 aromatic carbocycles. The molecular weight excluding hydrogens is 359 g/mol. The van der Waals surface area contributed by atoms with Crippen LogP contribution in [0.3, 0.4) is 0 Å². The molecular formula is C22H25FN2O3. The summed E-state index contributed by atoms with van der Waals surface area (Å²) < 4.78 is 19.7. The third kappa shape index (κ3) is 4.32. The van der Waals surface area contributed by atoms with Crippen LogP contribution in [0.2, 0.25) is 0 Å². The average Bonchev–Trinajstić information content (AvgIpc) is 2.97. The Balaban J connectivity index is 1.83. The molecule has 2 atom stereocenters. The molecule has 1 fully saturated rings. The van der Waals surface area contributed by atoms with Crippen LogP contribution in [0.5, 0.6) is 5.75 Å². The Hall–Kier alpha value is -2.89. The van der Waals surface area contributed by atoms with Crippen molar-refractivity contribution in [2.75, 3.05) is 25.5 Å².